The molecule has 110 valence electrons. The summed E-state index contributed by atoms with van der Waals surface area (Å²) in [4.78, 5) is 11.9. The molecule has 0 aliphatic carbocycles. The van der Waals surface area contributed by atoms with E-state index in [0.29, 0.717) is 0 Å². The fourth-order valence-corrected chi connectivity index (χ4v) is 2.60. The largest absolute Gasteiger partial charge is 0.490 e. The Morgan fingerprint density at radius 2 is 1.85 bits per heavy atom. The van der Waals surface area contributed by atoms with Crippen LogP contribution in [0.4, 0.5) is 0 Å². The smallest absolute Gasteiger partial charge is 0.313 e. The molecule has 3 heteroatoms. The zero-order valence-corrected chi connectivity index (χ0v) is 13.3. The highest BCUT2D eigenvalue weighted by Gasteiger charge is 2.26. The van der Waals surface area contributed by atoms with Crippen LogP contribution >= 0.6 is 0 Å². The summed E-state index contributed by atoms with van der Waals surface area (Å²) in [5, 5.41) is 0. The molecule has 0 amide bonds. The summed E-state index contributed by atoms with van der Waals surface area (Å²) < 4.78 is 11.6. The van der Waals surface area contributed by atoms with E-state index in [1.165, 1.54) is 5.56 Å². The highest BCUT2D eigenvalue weighted by atomic mass is 16.5. The molecule has 0 saturated heterocycles. The normalized spacial score (nSPS) is 17.6. The molecule has 0 bridgehead atoms. The fraction of sp³-hybridized carbons (Fsp3) is 0.588. The van der Waals surface area contributed by atoms with E-state index in [-0.39, 0.29) is 18.0 Å². The van der Waals surface area contributed by atoms with Crippen molar-refractivity contribution in [3.63, 3.8) is 0 Å². The van der Waals surface area contributed by atoms with Gasteiger partial charge in [-0.25, -0.2) is 0 Å². The fourth-order valence-electron chi connectivity index (χ4n) is 2.60. The number of carbonyl (C=O) groups is 1. The first-order valence-electron chi connectivity index (χ1n) is 7.33. The Bertz CT molecular complexity index is 544. The number of esters is 1. The van der Waals surface area contributed by atoms with E-state index in [1.54, 1.807) is 0 Å². The maximum absolute atomic E-state index is 11.9. The highest BCUT2D eigenvalue weighted by molar-refractivity contribution is 5.76. The Labute approximate surface area is 121 Å². The van der Waals surface area contributed by atoms with Gasteiger partial charge in [-0.3, -0.25) is 4.79 Å². The molecular weight excluding hydrogens is 252 g/mol. The maximum Gasteiger partial charge on any atom is 0.313 e. The van der Waals surface area contributed by atoms with Gasteiger partial charge < -0.3 is 9.47 Å². The van der Waals surface area contributed by atoms with Gasteiger partial charge in [0, 0.05) is 5.56 Å². The van der Waals surface area contributed by atoms with Gasteiger partial charge in [-0.05, 0) is 57.2 Å². The van der Waals surface area contributed by atoms with Crippen molar-refractivity contribution >= 4 is 5.97 Å². The quantitative estimate of drug-likeness (QED) is 0.607. The van der Waals surface area contributed by atoms with Crippen molar-refractivity contribution in [2.24, 2.45) is 5.92 Å². The molecule has 3 nitrogen and oxygen atoms in total. The van der Waals surface area contributed by atoms with E-state index in [1.807, 2.05) is 34.6 Å². The van der Waals surface area contributed by atoms with Crippen LogP contribution < -0.4 is 9.47 Å². The van der Waals surface area contributed by atoms with Crippen LogP contribution in [-0.4, -0.2) is 12.1 Å². The Morgan fingerprint density at radius 1 is 1.20 bits per heavy atom. The first-order valence-corrected chi connectivity index (χ1v) is 7.33. The maximum atomic E-state index is 11.9. The molecule has 1 aliphatic rings. The minimum Gasteiger partial charge on any atom is -0.490 e. The Hall–Kier alpha value is -1.51. The van der Waals surface area contributed by atoms with Gasteiger partial charge in [0.15, 0.2) is 0 Å². The lowest BCUT2D eigenvalue weighted by atomic mass is 9.92. The predicted molar refractivity (Wildman–Crippen MR) is 79.5 cm³/mol. The van der Waals surface area contributed by atoms with E-state index in [0.717, 1.165) is 41.0 Å². The second-order valence-corrected chi connectivity index (χ2v) is 6.05. The molecule has 1 aromatic rings. The van der Waals surface area contributed by atoms with Crippen LogP contribution in [0.15, 0.2) is 0 Å². The zero-order valence-electron chi connectivity index (χ0n) is 13.3. The zero-order chi connectivity index (χ0) is 15.0. The van der Waals surface area contributed by atoms with Crippen LogP contribution in [0.2, 0.25) is 0 Å². The molecule has 0 radical (unpaired) electrons. The molecule has 0 spiro atoms. The molecule has 2 rings (SSSR count). The third-order valence-corrected chi connectivity index (χ3v) is 4.10. The SMILES string of the molecule is Cc1c(C)c2c(c(C)c1OC(=O)C(C)C)CCC(C)O2. The average Bonchev–Trinajstić information content (AvgIpc) is 2.40. The number of benzene rings is 1. The van der Waals surface area contributed by atoms with Crippen molar-refractivity contribution in [1.82, 2.24) is 0 Å². The van der Waals surface area contributed by atoms with Crippen molar-refractivity contribution in [3.05, 3.63) is 22.3 Å². The molecule has 1 unspecified atom stereocenters. The van der Waals surface area contributed by atoms with Crippen LogP contribution in [0, 0.1) is 26.7 Å². The highest BCUT2D eigenvalue weighted by Crippen LogP contribution is 2.41. The van der Waals surface area contributed by atoms with Gasteiger partial charge in [0.25, 0.3) is 0 Å². The lowest BCUT2D eigenvalue weighted by Gasteiger charge is -2.29. The minimum absolute atomic E-state index is 0.124. The van der Waals surface area contributed by atoms with Gasteiger partial charge in [0.1, 0.15) is 11.5 Å². The van der Waals surface area contributed by atoms with Gasteiger partial charge in [-0.15, -0.1) is 0 Å². The number of fused-ring (bicyclic) bond motifs is 1. The summed E-state index contributed by atoms with van der Waals surface area (Å²) in [6, 6.07) is 0. The summed E-state index contributed by atoms with van der Waals surface area (Å²) in [6.07, 6.45) is 2.24. The van der Waals surface area contributed by atoms with Crippen molar-refractivity contribution in [2.45, 2.75) is 60.5 Å². The predicted octanol–water partition coefficient (Wildman–Crippen LogP) is 3.89. The van der Waals surface area contributed by atoms with Gasteiger partial charge in [0.2, 0.25) is 0 Å². The Kier molecular flexibility index (Phi) is 4.07. The second kappa shape index (κ2) is 5.47. The lowest BCUT2D eigenvalue weighted by Crippen LogP contribution is -2.22. The molecule has 0 saturated carbocycles. The first-order chi connectivity index (χ1) is 9.32. The summed E-state index contributed by atoms with van der Waals surface area (Å²) in [7, 11) is 0. The van der Waals surface area contributed by atoms with Crippen LogP contribution in [-0.2, 0) is 11.2 Å². The summed E-state index contributed by atoms with van der Waals surface area (Å²) in [6.45, 7) is 11.9. The van der Waals surface area contributed by atoms with Gasteiger partial charge in [-0.2, -0.15) is 0 Å². The number of ether oxygens (including phenoxy) is 2. The van der Waals surface area contributed by atoms with Crippen molar-refractivity contribution in [1.29, 1.82) is 0 Å². The van der Waals surface area contributed by atoms with E-state index < -0.39 is 0 Å². The van der Waals surface area contributed by atoms with Gasteiger partial charge >= 0.3 is 5.97 Å². The number of carbonyl (C=O) groups excluding carboxylic acids is 1. The van der Waals surface area contributed by atoms with Crippen molar-refractivity contribution < 1.29 is 14.3 Å². The van der Waals surface area contributed by atoms with E-state index in [4.69, 9.17) is 9.47 Å². The first kappa shape index (κ1) is 14.9. The Balaban J connectivity index is 2.49. The third-order valence-electron chi connectivity index (χ3n) is 4.10. The molecule has 0 N–H and O–H groups in total. The van der Waals surface area contributed by atoms with Crippen LogP contribution in [0.3, 0.4) is 0 Å². The lowest BCUT2D eigenvalue weighted by molar-refractivity contribution is -0.137. The molecule has 1 atom stereocenters. The molecule has 0 fully saturated rings. The summed E-state index contributed by atoms with van der Waals surface area (Å²) in [5.41, 5.74) is 4.33. The van der Waals surface area contributed by atoms with Crippen molar-refractivity contribution in [3.8, 4) is 11.5 Å². The van der Waals surface area contributed by atoms with Gasteiger partial charge in [-0.1, -0.05) is 13.8 Å². The summed E-state index contributed by atoms with van der Waals surface area (Å²) in [5.74, 6) is 1.41. The number of rotatable bonds is 2. The third kappa shape index (κ3) is 2.54. The average molecular weight is 276 g/mol. The topological polar surface area (TPSA) is 35.5 Å². The second-order valence-electron chi connectivity index (χ2n) is 6.05. The van der Waals surface area contributed by atoms with E-state index >= 15 is 0 Å². The Morgan fingerprint density at radius 3 is 2.45 bits per heavy atom. The minimum atomic E-state index is -0.180. The van der Waals surface area contributed by atoms with Gasteiger partial charge in [0.05, 0.1) is 12.0 Å². The van der Waals surface area contributed by atoms with Crippen LogP contribution in [0.5, 0.6) is 11.5 Å². The molecule has 1 aromatic carbocycles. The molecule has 0 aromatic heterocycles. The molecule has 1 aliphatic heterocycles. The number of hydrogen-bond donors (Lipinski definition) is 0. The summed E-state index contributed by atoms with van der Waals surface area (Å²) >= 11 is 0. The molecule has 20 heavy (non-hydrogen) atoms. The standard InChI is InChI=1S/C17H24O3/c1-9(2)17(18)20-15-11(4)12(5)16-14(13(15)6)8-7-10(3)19-16/h9-10H,7-8H2,1-6H3. The van der Waals surface area contributed by atoms with Crippen molar-refractivity contribution in [2.75, 3.05) is 0 Å². The molecular formula is C17H24O3. The number of hydrogen-bond acceptors (Lipinski definition) is 3. The molecule has 1 heterocycles. The monoisotopic (exact) mass is 276 g/mol. The van der Waals surface area contributed by atoms with Crippen LogP contribution in [0.25, 0.3) is 0 Å². The van der Waals surface area contributed by atoms with E-state index in [9.17, 15) is 4.79 Å². The van der Waals surface area contributed by atoms with E-state index in [2.05, 4.69) is 6.92 Å². The van der Waals surface area contributed by atoms with Crippen LogP contribution in [0.1, 0.15) is 49.4 Å².